The molecule has 42 heavy (non-hydrogen) atoms. The monoisotopic (exact) mass is 564 g/mol. The van der Waals surface area contributed by atoms with Crippen LogP contribution in [0, 0.1) is 11.3 Å². The van der Waals surface area contributed by atoms with E-state index in [1.807, 2.05) is 54.7 Å². The summed E-state index contributed by atoms with van der Waals surface area (Å²) in [6.07, 6.45) is 8.18. The summed E-state index contributed by atoms with van der Waals surface area (Å²) in [6.45, 7) is 3.05. The van der Waals surface area contributed by atoms with E-state index in [-0.39, 0.29) is 44.3 Å². The van der Waals surface area contributed by atoms with E-state index in [1.165, 1.54) is 24.9 Å². The van der Waals surface area contributed by atoms with Crippen molar-refractivity contribution in [1.29, 1.82) is 5.26 Å². The highest BCUT2D eigenvalue weighted by Gasteiger charge is 2.12. The second kappa shape index (κ2) is 14.3. The van der Waals surface area contributed by atoms with Gasteiger partial charge in [-0.3, -0.25) is 9.59 Å². The van der Waals surface area contributed by atoms with Crippen LogP contribution in [0.1, 0.15) is 36.8 Å². The zero-order chi connectivity index (χ0) is 29.1. The lowest BCUT2D eigenvalue weighted by atomic mass is 10.0. The van der Waals surface area contributed by atoms with Gasteiger partial charge in [0.25, 0.3) is 5.91 Å². The van der Waals surface area contributed by atoms with Gasteiger partial charge in [0.2, 0.25) is 0 Å². The van der Waals surface area contributed by atoms with Crippen LogP contribution in [0.3, 0.4) is 0 Å². The minimum Gasteiger partial charge on any atom is -0.463 e. The number of carbonyl (C=O) groups is 2. The van der Waals surface area contributed by atoms with Gasteiger partial charge in [0, 0.05) is 48.8 Å². The largest absolute Gasteiger partial charge is 0.463 e. The summed E-state index contributed by atoms with van der Waals surface area (Å²) in [4.78, 5) is 30.3. The van der Waals surface area contributed by atoms with Crippen LogP contribution >= 0.6 is 0 Å². The summed E-state index contributed by atoms with van der Waals surface area (Å²) in [7, 11) is 0. The fraction of sp³-hybridized carbons (Fsp3) is 0.324. The lowest BCUT2D eigenvalue weighted by molar-refractivity contribution is -0.145. The van der Waals surface area contributed by atoms with Crippen LogP contribution in [-0.2, 0) is 25.5 Å². The number of anilines is 1. The number of carbonyl (C=O) groups excluding carboxylic acids is 2. The number of aromatic nitrogens is 1. The minimum absolute atomic E-state index is 0.0309. The molecule has 0 radical (unpaired) electrons. The van der Waals surface area contributed by atoms with Crippen molar-refractivity contribution in [1.82, 2.24) is 10.3 Å². The van der Waals surface area contributed by atoms with Gasteiger partial charge in [-0.1, -0.05) is 36.4 Å². The van der Waals surface area contributed by atoms with Crippen molar-refractivity contribution >= 4 is 45.3 Å². The Bertz CT molecular complexity index is 1610. The Morgan fingerprint density at radius 1 is 0.976 bits per heavy atom. The number of nitrogens with one attached hydrogen (secondary N) is 2. The predicted octanol–water partition coefficient (Wildman–Crippen LogP) is 5.53. The Morgan fingerprint density at radius 2 is 1.79 bits per heavy atom. The molecule has 8 nitrogen and oxygen atoms in total. The SMILES string of the molecule is N#C/C(=C\c1ccc2cc(N3CCCCC3)ccc2c1)C(=O)NCCOCCOC(=O)CCc1c[nH]c2ccccc12. The second-order valence-corrected chi connectivity index (χ2v) is 10.5. The van der Waals surface area contributed by atoms with Gasteiger partial charge >= 0.3 is 5.97 Å². The smallest absolute Gasteiger partial charge is 0.306 e. The molecule has 1 aliphatic heterocycles. The van der Waals surface area contributed by atoms with Crippen molar-refractivity contribution in [2.45, 2.75) is 32.1 Å². The molecule has 0 bridgehead atoms. The number of esters is 1. The molecule has 8 heteroatoms. The zero-order valence-corrected chi connectivity index (χ0v) is 23.7. The topological polar surface area (TPSA) is 107 Å². The number of amides is 1. The van der Waals surface area contributed by atoms with Gasteiger partial charge in [-0.15, -0.1) is 0 Å². The van der Waals surface area contributed by atoms with Gasteiger partial charge < -0.3 is 24.7 Å². The lowest BCUT2D eigenvalue weighted by Crippen LogP contribution is -2.29. The molecule has 0 spiro atoms. The van der Waals surface area contributed by atoms with E-state index in [1.54, 1.807) is 6.08 Å². The number of nitriles is 1. The zero-order valence-electron chi connectivity index (χ0n) is 23.7. The first-order valence-corrected chi connectivity index (χ1v) is 14.6. The minimum atomic E-state index is -0.453. The molecule has 0 aliphatic carbocycles. The normalized spacial score (nSPS) is 13.7. The van der Waals surface area contributed by atoms with E-state index in [0.29, 0.717) is 6.42 Å². The Morgan fingerprint density at radius 3 is 2.64 bits per heavy atom. The van der Waals surface area contributed by atoms with E-state index in [0.717, 1.165) is 45.9 Å². The molecule has 1 fully saturated rings. The maximum atomic E-state index is 12.6. The summed E-state index contributed by atoms with van der Waals surface area (Å²) < 4.78 is 10.7. The first-order valence-electron chi connectivity index (χ1n) is 14.6. The molecule has 3 aromatic carbocycles. The molecule has 1 amide bonds. The van der Waals surface area contributed by atoms with Crippen molar-refractivity contribution in [2.24, 2.45) is 0 Å². The molecule has 5 rings (SSSR count). The summed E-state index contributed by atoms with van der Waals surface area (Å²) >= 11 is 0. The molecule has 1 saturated heterocycles. The standard InChI is InChI=1S/C34H36N4O4/c35-23-29(21-25-8-9-27-22-30(12-10-26(27)20-25)38-15-4-1-5-16-38)34(40)36-14-17-41-18-19-42-33(39)13-11-28-24-37-32-7-3-2-6-31(28)32/h2-3,6-10,12,20-22,24,37H,1,4-5,11,13-19H2,(H,36,40)/b29-21+. The van der Waals surface area contributed by atoms with Crippen LogP contribution in [0.25, 0.3) is 27.8 Å². The molecule has 2 N–H and O–H groups in total. The van der Waals surface area contributed by atoms with Crippen LogP contribution in [0.2, 0.25) is 0 Å². The predicted molar refractivity (Wildman–Crippen MR) is 165 cm³/mol. The third-order valence-corrected chi connectivity index (χ3v) is 7.54. The summed E-state index contributed by atoms with van der Waals surface area (Å²) in [5, 5.41) is 15.6. The number of fused-ring (bicyclic) bond motifs is 2. The van der Waals surface area contributed by atoms with Crippen LogP contribution in [0.5, 0.6) is 0 Å². The number of ether oxygens (including phenoxy) is 2. The first kappa shape index (κ1) is 28.9. The number of piperidine rings is 1. The second-order valence-electron chi connectivity index (χ2n) is 10.5. The van der Waals surface area contributed by atoms with E-state index >= 15 is 0 Å². The summed E-state index contributed by atoms with van der Waals surface area (Å²) in [6, 6.07) is 22.4. The van der Waals surface area contributed by atoms with E-state index in [2.05, 4.69) is 33.4 Å². The molecule has 1 aromatic heterocycles. The van der Waals surface area contributed by atoms with Crippen molar-refractivity contribution in [3.63, 3.8) is 0 Å². The van der Waals surface area contributed by atoms with Gasteiger partial charge in [0.1, 0.15) is 18.2 Å². The molecule has 0 saturated carbocycles. The van der Waals surface area contributed by atoms with Gasteiger partial charge in [-0.05, 0) is 77.9 Å². The first-order chi connectivity index (χ1) is 20.6. The number of hydrogen-bond donors (Lipinski definition) is 2. The molecule has 1 aliphatic rings. The highest BCUT2D eigenvalue weighted by Crippen LogP contribution is 2.26. The Balaban J connectivity index is 1.01. The summed E-state index contributed by atoms with van der Waals surface area (Å²) in [5.74, 6) is -0.734. The highest BCUT2D eigenvalue weighted by molar-refractivity contribution is 6.02. The maximum Gasteiger partial charge on any atom is 0.306 e. The van der Waals surface area contributed by atoms with Crippen LogP contribution < -0.4 is 10.2 Å². The number of aromatic amines is 1. The number of nitrogens with zero attached hydrogens (tertiary/aromatic N) is 2. The molecule has 216 valence electrons. The third kappa shape index (κ3) is 7.56. The van der Waals surface area contributed by atoms with Gasteiger partial charge in [0.15, 0.2) is 0 Å². The van der Waals surface area contributed by atoms with Crippen molar-refractivity contribution in [2.75, 3.05) is 44.4 Å². The van der Waals surface area contributed by atoms with Gasteiger partial charge in [-0.25, -0.2) is 0 Å². The van der Waals surface area contributed by atoms with Crippen molar-refractivity contribution in [3.05, 3.63) is 83.6 Å². The number of benzene rings is 3. The van der Waals surface area contributed by atoms with Gasteiger partial charge in [0.05, 0.1) is 13.2 Å². The Kier molecular flexibility index (Phi) is 9.86. The van der Waals surface area contributed by atoms with Crippen molar-refractivity contribution < 1.29 is 19.1 Å². The Labute approximate surface area is 245 Å². The average molecular weight is 565 g/mol. The molecule has 2 heterocycles. The fourth-order valence-electron chi connectivity index (χ4n) is 5.30. The van der Waals surface area contributed by atoms with Crippen LogP contribution in [-0.4, -0.2) is 56.3 Å². The van der Waals surface area contributed by atoms with E-state index < -0.39 is 5.91 Å². The fourth-order valence-corrected chi connectivity index (χ4v) is 5.30. The lowest BCUT2D eigenvalue weighted by Gasteiger charge is -2.29. The average Bonchev–Trinajstić information content (AvgIpc) is 3.45. The number of para-hydroxylation sites is 1. The van der Waals surface area contributed by atoms with E-state index in [9.17, 15) is 14.9 Å². The van der Waals surface area contributed by atoms with Gasteiger partial charge in [-0.2, -0.15) is 5.26 Å². The molecule has 0 unspecified atom stereocenters. The Hall–Kier alpha value is -4.61. The third-order valence-electron chi connectivity index (χ3n) is 7.54. The molecular formula is C34H36N4O4. The number of hydrogen-bond acceptors (Lipinski definition) is 6. The van der Waals surface area contributed by atoms with Crippen molar-refractivity contribution in [3.8, 4) is 6.07 Å². The van der Waals surface area contributed by atoms with Crippen LogP contribution in [0.15, 0.2) is 72.4 Å². The quantitative estimate of drug-likeness (QED) is 0.101. The number of rotatable bonds is 12. The molecule has 0 atom stereocenters. The molecule has 4 aromatic rings. The molecular weight excluding hydrogens is 528 g/mol. The van der Waals surface area contributed by atoms with Crippen LogP contribution in [0.4, 0.5) is 5.69 Å². The number of H-pyrrole nitrogens is 1. The number of aryl methyl sites for hydroxylation is 1. The maximum absolute atomic E-state index is 12.6. The van der Waals surface area contributed by atoms with E-state index in [4.69, 9.17) is 9.47 Å². The highest BCUT2D eigenvalue weighted by atomic mass is 16.6. The summed E-state index contributed by atoms with van der Waals surface area (Å²) in [5.41, 5.74) is 4.20.